The normalized spacial score (nSPS) is 22.4. The lowest BCUT2D eigenvalue weighted by molar-refractivity contribution is -0.134. The second kappa shape index (κ2) is 6.54. The van der Waals surface area contributed by atoms with E-state index in [0.717, 1.165) is 12.0 Å². The van der Waals surface area contributed by atoms with Gasteiger partial charge in [0.05, 0.1) is 12.6 Å². The van der Waals surface area contributed by atoms with Crippen LogP contribution in [-0.4, -0.2) is 21.9 Å². The van der Waals surface area contributed by atoms with Crippen molar-refractivity contribution in [2.45, 2.75) is 32.0 Å². The van der Waals surface area contributed by atoms with E-state index in [-0.39, 0.29) is 18.0 Å². The molecule has 0 bridgehead atoms. The van der Waals surface area contributed by atoms with E-state index in [2.05, 4.69) is 36.6 Å². The lowest BCUT2D eigenvalue weighted by Gasteiger charge is -2.32. The van der Waals surface area contributed by atoms with E-state index in [9.17, 15) is 4.79 Å². The third kappa shape index (κ3) is 3.15. The van der Waals surface area contributed by atoms with Gasteiger partial charge in [0, 0.05) is 17.4 Å². The maximum absolute atomic E-state index is 12.9. The zero-order chi connectivity index (χ0) is 17.4. The summed E-state index contributed by atoms with van der Waals surface area (Å²) in [6, 6.07) is 16.1. The Balaban J connectivity index is 1.50. The first-order valence-corrected chi connectivity index (χ1v) is 8.83. The highest BCUT2D eigenvalue weighted by Crippen LogP contribution is 2.31. The second-order valence-corrected chi connectivity index (χ2v) is 7.01. The van der Waals surface area contributed by atoms with Crippen LogP contribution in [0.1, 0.15) is 29.2 Å². The van der Waals surface area contributed by atoms with Crippen molar-refractivity contribution in [2.75, 3.05) is 0 Å². The van der Waals surface area contributed by atoms with Crippen LogP contribution in [0, 0.1) is 6.92 Å². The molecule has 0 spiro atoms. The van der Waals surface area contributed by atoms with Crippen molar-refractivity contribution in [1.29, 1.82) is 0 Å². The summed E-state index contributed by atoms with van der Waals surface area (Å²) >= 11 is 6.23. The number of carbonyl (C=O) groups excluding carboxylic acids is 1. The summed E-state index contributed by atoms with van der Waals surface area (Å²) in [6.45, 7) is 2.57. The van der Waals surface area contributed by atoms with Gasteiger partial charge in [0.15, 0.2) is 0 Å². The number of rotatable bonds is 3. The van der Waals surface area contributed by atoms with E-state index in [1.165, 1.54) is 11.1 Å². The van der Waals surface area contributed by atoms with Gasteiger partial charge in [-0.05, 0) is 30.5 Å². The predicted octanol–water partition coefficient (Wildman–Crippen LogP) is 3.78. The summed E-state index contributed by atoms with van der Waals surface area (Å²) in [5.41, 5.74) is 6.83. The minimum Gasteiger partial charge on any atom is -0.311 e. The first-order valence-electron chi connectivity index (χ1n) is 8.45. The molecule has 2 aromatic rings. The summed E-state index contributed by atoms with van der Waals surface area (Å²) in [7, 11) is 0. The maximum atomic E-state index is 12.9. The standard InChI is InChI=1S/C20H20ClN3O/c1-14-6-8-15(9-7-14)18-12-19-20(25)23(10-11-24(19)22-18)13-16-4-2-3-5-17(16)21/h2-11,18-19,22H,12-13H2,1H3. The van der Waals surface area contributed by atoms with Gasteiger partial charge in [-0.3, -0.25) is 4.79 Å². The SMILES string of the molecule is Cc1ccc(C2CC3C(=O)N(Cc4ccccc4Cl)C=CN3N2)cc1. The molecule has 2 unspecified atom stereocenters. The van der Waals surface area contributed by atoms with E-state index in [0.29, 0.717) is 11.6 Å². The van der Waals surface area contributed by atoms with Gasteiger partial charge >= 0.3 is 0 Å². The number of carbonyl (C=O) groups is 1. The molecule has 0 aromatic heterocycles. The number of hydrogen-bond donors (Lipinski definition) is 1. The van der Waals surface area contributed by atoms with Crippen LogP contribution in [0.2, 0.25) is 5.02 Å². The smallest absolute Gasteiger partial charge is 0.251 e. The van der Waals surface area contributed by atoms with Gasteiger partial charge in [0.25, 0.3) is 5.91 Å². The lowest BCUT2D eigenvalue weighted by atomic mass is 10.00. The summed E-state index contributed by atoms with van der Waals surface area (Å²) < 4.78 is 0. The van der Waals surface area contributed by atoms with Gasteiger partial charge in [0.1, 0.15) is 6.04 Å². The monoisotopic (exact) mass is 353 g/mol. The van der Waals surface area contributed by atoms with Gasteiger partial charge in [0.2, 0.25) is 0 Å². The summed E-state index contributed by atoms with van der Waals surface area (Å²) in [6.07, 6.45) is 4.52. The Morgan fingerprint density at radius 1 is 1.12 bits per heavy atom. The topological polar surface area (TPSA) is 35.6 Å². The van der Waals surface area contributed by atoms with Crippen molar-refractivity contribution in [2.24, 2.45) is 0 Å². The first kappa shape index (κ1) is 16.2. The van der Waals surface area contributed by atoms with E-state index >= 15 is 0 Å². The zero-order valence-corrected chi connectivity index (χ0v) is 14.8. The van der Waals surface area contributed by atoms with Crippen LogP contribution in [0.15, 0.2) is 60.9 Å². The summed E-state index contributed by atoms with van der Waals surface area (Å²) in [5, 5.41) is 2.61. The fourth-order valence-electron chi connectivity index (χ4n) is 3.39. The van der Waals surface area contributed by atoms with Crippen LogP contribution in [0.3, 0.4) is 0 Å². The molecule has 128 valence electrons. The Labute approximate surface area is 152 Å². The molecule has 0 aliphatic carbocycles. The molecule has 2 aliphatic heterocycles. The molecule has 1 amide bonds. The van der Waals surface area contributed by atoms with Crippen molar-refractivity contribution < 1.29 is 4.79 Å². The Hall–Kier alpha value is -2.30. The average Bonchev–Trinajstić information content (AvgIpc) is 3.05. The molecule has 0 saturated carbocycles. The minimum atomic E-state index is -0.182. The zero-order valence-electron chi connectivity index (χ0n) is 14.0. The lowest BCUT2D eigenvalue weighted by Crippen LogP contribution is -2.47. The predicted molar refractivity (Wildman–Crippen MR) is 98.4 cm³/mol. The number of aryl methyl sites for hydroxylation is 1. The van der Waals surface area contributed by atoms with Crippen LogP contribution >= 0.6 is 11.6 Å². The molecule has 2 heterocycles. The van der Waals surface area contributed by atoms with Gasteiger partial charge in [-0.1, -0.05) is 59.6 Å². The Morgan fingerprint density at radius 3 is 2.64 bits per heavy atom. The van der Waals surface area contributed by atoms with Crippen molar-refractivity contribution in [1.82, 2.24) is 15.3 Å². The number of amides is 1. The van der Waals surface area contributed by atoms with E-state index in [1.54, 1.807) is 4.90 Å². The molecule has 5 heteroatoms. The highest BCUT2D eigenvalue weighted by atomic mass is 35.5. The van der Waals surface area contributed by atoms with E-state index in [1.807, 2.05) is 41.7 Å². The van der Waals surface area contributed by atoms with E-state index < -0.39 is 0 Å². The Bertz CT molecular complexity index is 818. The molecule has 4 rings (SSSR count). The summed E-state index contributed by atoms with van der Waals surface area (Å²) in [4.78, 5) is 14.7. The number of hydrazine groups is 1. The molecular weight excluding hydrogens is 334 g/mol. The number of nitrogens with one attached hydrogen (secondary N) is 1. The van der Waals surface area contributed by atoms with Gasteiger partial charge in [-0.25, -0.2) is 5.43 Å². The molecule has 1 saturated heterocycles. The minimum absolute atomic E-state index is 0.101. The highest BCUT2D eigenvalue weighted by molar-refractivity contribution is 6.31. The molecular formula is C20H20ClN3O. The van der Waals surface area contributed by atoms with E-state index in [4.69, 9.17) is 11.6 Å². The molecule has 1 fully saturated rings. The van der Waals surface area contributed by atoms with Gasteiger partial charge in [-0.15, -0.1) is 0 Å². The van der Waals surface area contributed by atoms with Crippen LogP contribution < -0.4 is 5.43 Å². The number of halogens is 1. The number of hydrogen-bond acceptors (Lipinski definition) is 3. The number of fused-ring (bicyclic) bond motifs is 1. The van der Waals surface area contributed by atoms with Crippen LogP contribution in [0.4, 0.5) is 0 Å². The summed E-state index contributed by atoms with van der Waals surface area (Å²) in [5.74, 6) is 0.101. The Kier molecular flexibility index (Phi) is 4.24. The Morgan fingerprint density at radius 2 is 1.88 bits per heavy atom. The van der Waals surface area contributed by atoms with Crippen molar-refractivity contribution in [3.05, 3.63) is 82.6 Å². The fourth-order valence-corrected chi connectivity index (χ4v) is 3.59. The second-order valence-electron chi connectivity index (χ2n) is 6.61. The molecule has 2 aliphatic rings. The quantitative estimate of drug-likeness (QED) is 0.912. The van der Waals surface area contributed by atoms with Crippen LogP contribution in [-0.2, 0) is 11.3 Å². The van der Waals surface area contributed by atoms with Crippen LogP contribution in [0.5, 0.6) is 0 Å². The highest BCUT2D eigenvalue weighted by Gasteiger charge is 2.39. The van der Waals surface area contributed by atoms with Crippen molar-refractivity contribution in [3.8, 4) is 0 Å². The molecule has 4 nitrogen and oxygen atoms in total. The van der Waals surface area contributed by atoms with Crippen molar-refractivity contribution in [3.63, 3.8) is 0 Å². The average molecular weight is 354 g/mol. The van der Waals surface area contributed by atoms with Gasteiger partial charge < -0.3 is 9.91 Å². The third-order valence-corrected chi connectivity index (χ3v) is 5.22. The largest absolute Gasteiger partial charge is 0.311 e. The number of benzene rings is 2. The van der Waals surface area contributed by atoms with Gasteiger partial charge in [-0.2, -0.15) is 0 Å². The molecule has 25 heavy (non-hydrogen) atoms. The van der Waals surface area contributed by atoms with Crippen molar-refractivity contribution >= 4 is 17.5 Å². The first-order chi connectivity index (χ1) is 12.1. The van der Waals surface area contributed by atoms with Crippen LogP contribution in [0.25, 0.3) is 0 Å². The molecule has 0 radical (unpaired) electrons. The molecule has 1 N–H and O–H groups in total. The molecule has 2 atom stereocenters. The number of nitrogens with zero attached hydrogens (tertiary/aromatic N) is 2. The molecule has 2 aromatic carbocycles. The third-order valence-electron chi connectivity index (χ3n) is 4.85. The maximum Gasteiger partial charge on any atom is 0.251 e. The fraction of sp³-hybridized carbons (Fsp3) is 0.250.